The van der Waals surface area contributed by atoms with Gasteiger partial charge in [0.1, 0.15) is 25.4 Å². The molecule has 0 heterocycles. The number of unbranched alkanes of at least 4 members (excludes halogenated alkanes) is 21. The molecule has 0 aromatic heterocycles. The molecule has 16 nitrogen and oxygen atoms in total. The van der Waals surface area contributed by atoms with Gasteiger partial charge in [-0.1, -0.05) is 275 Å². The topological polar surface area (TPSA) is 231 Å². The maximum atomic E-state index is 12.9. The molecule has 4 N–H and O–H groups in total. The highest BCUT2D eigenvalue weighted by molar-refractivity contribution is 7.47. The second-order valence-corrected chi connectivity index (χ2v) is 27.6. The molecule has 18 heteroatoms. The van der Waals surface area contributed by atoms with Crippen LogP contribution in [0.25, 0.3) is 0 Å². The number of hydrogen-bond acceptors (Lipinski definition) is 14. The quantitative estimate of drug-likeness (QED) is 0.0146. The number of rotatable bonds is 70. The third-order valence-electron chi connectivity index (χ3n) is 15.2. The van der Waals surface area contributed by atoms with E-state index in [0.717, 1.165) is 186 Å². The van der Waals surface area contributed by atoms with Gasteiger partial charge in [0, 0.05) is 19.3 Å². The third kappa shape index (κ3) is 74.2. The largest absolute Gasteiger partial charge is 0.472 e. The van der Waals surface area contributed by atoms with Gasteiger partial charge < -0.3 is 34.2 Å². The molecule has 99 heavy (non-hydrogen) atoms. The van der Waals surface area contributed by atoms with Crippen molar-refractivity contribution < 1.29 is 75.8 Å². The highest BCUT2D eigenvalue weighted by atomic mass is 31.2. The molecule has 0 aromatic carbocycles. The molecule has 5 unspecified atom stereocenters. The highest BCUT2D eigenvalue weighted by Crippen LogP contribution is 2.45. The van der Waals surface area contributed by atoms with Crippen molar-refractivity contribution in [1.82, 2.24) is 0 Å². The predicted molar refractivity (Wildman–Crippen MR) is 408 cm³/mol. The van der Waals surface area contributed by atoms with Crippen molar-refractivity contribution in [3.63, 3.8) is 0 Å². The zero-order chi connectivity index (χ0) is 72.3. The number of hydrogen-bond donors (Lipinski definition) is 4. The number of carbonyl (C=O) groups excluding carboxylic acids is 3. The van der Waals surface area contributed by atoms with Gasteiger partial charge in [-0.3, -0.25) is 32.5 Å². The number of allylic oxidation sites excluding steroid dienone is 26. The Hall–Kier alpha value is -4.83. The average Bonchev–Trinajstić information content (AvgIpc) is 1.73. The van der Waals surface area contributed by atoms with Gasteiger partial charge in [-0.05, 0) is 141 Å². The van der Waals surface area contributed by atoms with Crippen LogP contribution < -0.4 is 0 Å². The van der Waals surface area contributed by atoms with Crippen LogP contribution in [0.15, 0.2) is 158 Å². The average molecular weight is 1430 g/mol. The second-order valence-electron chi connectivity index (χ2n) is 24.7. The zero-order valence-corrected chi connectivity index (χ0v) is 63.1. The van der Waals surface area contributed by atoms with E-state index in [-0.39, 0.29) is 19.3 Å². The van der Waals surface area contributed by atoms with Gasteiger partial charge in [-0.25, -0.2) is 9.13 Å². The van der Waals surface area contributed by atoms with Crippen LogP contribution in [0.2, 0.25) is 0 Å². The summed E-state index contributed by atoms with van der Waals surface area (Å²) >= 11 is 0. The Morgan fingerprint density at radius 3 is 0.798 bits per heavy atom. The Labute approximate surface area is 600 Å². The van der Waals surface area contributed by atoms with Crippen LogP contribution in [0.1, 0.15) is 278 Å². The van der Waals surface area contributed by atoms with Crippen LogP contribution in [0.5, 0.6) is 0 Å². The van der Waals surface area contributed by atoms with Crippen molar-refractivity contribution in [3.8, 4) is 0 Å². The maximum absolute atomic E-state index is 12.9. The van der Waals surface area contributed by atoms with E-state index in [1.54, 1.807) is 0 Å². The number of esters is 3. The zero-order valence-electron chi connectivity index (χ0n) is 61.4. The fraction of sp³-hybridized carbons (Fsp3) is 0.642. The molecule has 0 rings (SSSR count). The Bertz CT molecular complexity index is 2430. The van der Waals surface area contributed by atoms with Gasteiger partial charge in [-0.2, -0.15) is 0 Å². The maximum Gasteiger partial charge on any atom is 0.472 e. The molecule has 0 bridgehead atoms. The van der Waals surface area contributed by atoms with Crippen LogP contribution in [0, 0.1) is 0 Å². The van der Waals surface area contributed by atoms with Gasteiger partial charge in [0.25, 0.3) is 0 Å². The molecule has 0 aromatic rings. The van der Waals surface area contributed by atoms with E-state index in [9.17, 15) is 43.5 Å². The number of aliphatic hydroxyl groups is 2. The lowest BCUT2D eigenvalue weighted by Gasteiger charge is -2.21. The fourth-order valence-corrected chi connectivity index (χ4v) is 11.2. The number of phosphoric acid groups is 2. The third-order valence-corrected chi connectivity index (χ3v) is 17.1. The van der Waals surface area contributed by atoms with Crippen molar-refractivity contribution in [2.75, 3.05) is 39.6 Å². The first kappa shape index (κ1) is 94.2. The summed E-state index contributed by atoms with van der Waals surface area (Å²) in [6, 6.07) is 0. The number of phosphoric ester groups is 2. The molecule has 0 aliphatic carbocycles. The summed E-state index contributed by atoms with van der Waals surface area (Å²) in [5.41, 5.74) is 0. The van der Waals surface area contributed by atoms with E-state index >= 15 is 0 Å². The molecular formula is C81H134O16P2. The first-order valence-corrected chi connectivity index (χ1v) is 40.8. The number of ether oxygens (including phenoxy) is 3. The Morgan fingerprint density at radius 1 is 0.283 bits per heavy atom. The summed E-state index contributed by atoms with van der Waals surface area (Å²) in [5.74, 6) is -1.62. The van der Waals surface area contributed by atoms with E-state index in [1.807, 2.05) is 0 Å². The van der Waals surface area contributed by atoms with Gasteiger partial charge in [0.2, 0.25) is 0 Å². The molecule has 0 saturated carbocycles. The van der Waals surface area contributed by atoms with Crippen molar-refractivity contribution in [2.24, 2.45) is 0 Å². The monoisotopic (exact) mass is 1420 g/mol. The molecular weight excluding hydrogens is 1290 g/mol. The lowest BCUT2D eigenvalue weighted by Crippen LogP contribution is -2.30. The van der Waals surface area contributed by atoms with E-state index in [2.05, 4.69) is 179 Å². The van der Waals surface area contributed by atoms with E-state index in [1.165, 1.54) is 32.1 Å². The fourth-order valence-electron chi connectivity index (χ4n) is 9.58. The molecule has 0 saturated heterocycles. The molecule has 0 aliphatic heterocycles. The van der Waals surface area contributed by atoms with Gasteiger partial charge in [-0.15, -0.1) is 0 Å². The molecule has 0 aliphatic rings. The van der Waals surface area contributed by atoms with Crippen molar-refractivity contribution in [2.45, 2.75) is 296 Å². The predicted octanol–water partition coefficient (Wildman–Crippen LogP) is 21.9. The lowest BCUT2D eigenvalue weighted by atomic mass is 10.1. The SMILES string of the molecule is CC/C=C\C/C=C\C/C=C\C/C=C\C/C=C\C/C=C\CCCCCCCCCCCCC(=O)OCC(O)COP(=O)(O)OCC(O)COP(=O)(O)OCC(COC(=O)CCCCCCCC/C=C\C/C=C\C/C=C\C/C=C\CC)OC(=O)CCCCCCC/C=C\C/C=C\C/C=C\CC. The molecule has 0 radical (unpaired) electrons. The summed E-state index contributed by atoms with van der Waals surface area (Å²) in [6.45, 7) is 2.28. The number of aliphatic hydroxyl groups excluding tert-OH is 2. The minimum absolute atomic E-state index is 0.0771. The summed E-state index contributed by atoms with van der Waals surface area (Å²) in [4.78, 5) is 58.6. The van der Waals surface area contributed by atoms with Crippen LogP contribution >= 0.6 is 15.6 Å². The van der Waals surface area contributed by atoms with Crippen LogP contribution in [0.3, 0.4) is 0 Å². The molecule has 5 atom stereocenters. The molecule has 0 spiro atoms. The highest BCUT2D eigenvalue weighted by Gasteiger charge is 2.29. The standard InChI is InChI=1S/C81H134O16P2/c1-4-7-10-13-16-19-22-25-28-30-32-33-34-35-36-37-38-39-40-41-43-45-47-49-52-55-58-61-64-67-79(84)91-70-76(82)71-93-98(87,88)94-72-77(83)73-95-99(89,90)96-75-78(97-81(86)69-66-63-60-57-54-51-46-27-24-21-18-15-12-9-6-3)74-92-80(85)68-65-62-59-56-53-50-48-44-42-31-29-26-23-20-17-14-11-8-5-2/h7-12,16-21,25-29,32-33,35-36,38-39,42,44,46,76-78,82-83H,4-6,13-15,22-24,30-31,34,37,40-41,43,45,47-75H2,1-3H3,(H,87,88)(H,89,90)/b10-7-,11-8-,12-9-,19-16-,20-17-,21-18-,28-25-,29-26-,33-32-,36-35-,39-38-,44-42-,46-27-. The van der Waals surface area contributed by atoms with Crippen LogP contribution in [0.4, 0.5) is 0 Å². The van der Waals surface area contributed by atoms with E-state index in [0.29, 0.717) is 19.3 Å². The smallest absolute Gasteiger partial charge is 0.463 e. The number of carbonyl (C=O) groups is 3. The first-order valence-electron chi connectivity index (χ1n) is 37.8. The van der Waals surface area contributed by atoms with Crippen LogP contribution in [-0.2, 0) is 55.8 Å². The molecule has 0 fully saturated rings. The van der Waals surface area contributed by atoms with E-state index in [4.69, 9.17) is 32.3 Å². The Morgan fingerprint density at radius 2 is 0.505 bits per heavy atom. The van der Waals surface area contributed by atoms with E-state index < -0.39 is 91.5 Å². The minimum atomic E-state index is -4.94. The van der Waals surface area contributed by atoms with Crippen molar-refractivity contribution in [3.05, 3.63) is 158 Å². The lowest BCUT2D eigenvalue weighted by molar-refractivity contribution is -0.161. The summed E-state index contributed by atoms with van der Waals surface area (Å²) in [7, 11) is -9.80. The molecule has 564 valence electrons. The van der Waals surface area contributed by atoms with Crippen molar-refractivity contribution in [1.29, 1.82) is 0 Å². The second kappa shape index (κ2) is 72.9. The first-order chi connectivity index (χ1) is 48.2. The summed E-state index contributed by atoms with van der Waals surface area (Å²) < 4.78 is 61.0. The Balaban J connectivity index is 4.56. The van der Waals surface area contributed by atoms with Crippen LogP contribution in [-0.4, -0.2) is 95.9 Å². The van der Waals surface area contributed by atoms with Crippen molar-refractivity contribution >= 4 is 33.6 Å². The summed E-state index contributed by atoms with van der Waals surface area (Å²) in [5, 5.41) is 20.6. The van der Waals surface area contributed by atoms with Gasteiger partial charge in [0.05, 0.1) is 26.4 Å². The Kier molecular flexibility index (Phi) is 69.4. The van der Waals surface area contributed by atoms with Gasteiger partial charge >= 0.3 is 33.6 Å². The normalized spacial score (nSPS) is 14.9. The molecule has 0 amide bonds. The summed E-state index contributed by atoms with van der Waals surface area (Å²) in [6.07, 6.45) is 90.0. The van der Waals surface area contributed by atoms with Gasteiger partial charge in [0.15, 0.2) is 6.10 Å². The minimum Gasteiger partial charge on any atom is -0.463 e.